The van der Waals surface area contributed by atoms with E-state index < -0.39 is 0 Å². The lowest BCUT2D eigenvalue weighted by atomic mass is 10.1. The van der Waals surface area contributed by atoms with Crippen LogP contribution in [0.15, 0.2) is 59.9 Å². The number of aliphatic imine (C=N–C) groups is 1. The van der Waals surface area contributed by atoms with Gasteiger partial charge in [0.25, 0.3) is 0 Å². The molecule has 2 N–H and O–H groups in total. The Hall–Kier alpha value is -2.60. The number of hydrogen-bond donors (Lipinski definition) is 2. The molecule has 0 aliphatic carbocycles. The highest BCUT2D eigenvalue weighted by Crippen LogP contribution is 2.16. The number of aromatic nitrogens is 2. The van der Waals surface area contributed by atoms with Crippen molar-refractivity contribution in [3.05, 3.63) is 76.0 Å². The highest BCUT2D eigenvalue weighted by molar-refractivity contribution is 7.11. The number of guanidine groups is 1. The second-order valence-electron chi connectivity index (χ2n) is 7.31. The fraction of sp³-hybridized carbons (Fsp3) is 0.391. The quantitative estimate of drug-likeness (QED) is 0.412. The Bertz CT molecular complexity index is 897. The van der Waals surface area contributed by atoms with Crippen LogP contribution in [0, 0.1) is 6.92 Å². The van der Waals surface area contributed by atoms with Crippen molar-refractivity contribution in [1.29, 1.82) is 0 Å². The Kier molecular flexibility index (Phi) is 7.87. The molecule has 154 valence electrons. The van der Waals surface area contributed by atoms with Gasteiger partial charge in [-0.2, -0.15) is 0 Å². The van der Waals surface area contributed by atoms with E-state index in [-0.39, 0.29) is 0 Å². The molecule has 6 heteroatoms. The van der Waals surface area contributed by atoms with Crippen molar-refractivity contribution in [2.45, 2.75) is 52.2 Å². The third-order valence-electron chi connectivity index (χ3n) is 4.83. The molecule has 0 fully saturated rings. The summed E-state index contributed by atoms with van der Waals surface area (Å²) < 4.78 is 2.22. The van der Waals surface area contributed by atoms with Gasteiger partial charge in [0.2, 0.25) is 0 Å². The third-order valence-corrected chi connectivity index (χ3v) is 5.86. The van der Waals surface area contributed by atoms with Gasteiger partial charge >= 0.3 is 0 Å². The van der Waals surface area contributed by atoms with Crippen molar-refractivity contribution in [3.8, 4) is 0 Å². The molecule has 0 spiro atoms. The van der Waals surface area contributed by atoms with Crippen molar-refractivity contribution < 1.29 is 0 Å². The fourth-order valence-corrected chi connectivity index (χ4v) is 4.37. The molecule has 0 amide bonds. The average Bonchev–Trinajstić information content (AvgIpc) is 3.34. The van der Waals surface area contributed by atoms with Gasteiger partial charge in [-0.15, -0.1) is 11.3 Å². The monoisotopic (exact) mass is 409 g/mol. The summed E-state index contributed by atoms with van der Waals surface area (Å²) in [6, 6.07) is 15.3. The molecule has 1 aromatic carbocycles. The predicted octanol–water partition coefficient (Wildman–Crippen LogP) is 4.18. The topological polar surface area (TPSA) is 54.2 Å². The van der Waals surface area contributed by atoms with E-state index in [1.807, 2.05) is 24.6 Å². The van der Waals surface area contributed by atoms with E-state index in [9.17, 15) is 0 Å². The zero-order valence-corrected chi connectivity index (χ0v) is 18.4. The van der Waals surface area contributed by atoms with Gasteiger partial charge in [-0.1, -0.05) is 30.3 Å². The molecule has 3 aromatic rings. The standard InChI is InChI=1S/C23H31N5S/c1-18(16-21-12-11-19(2)29-21)27-23(24-3)26-17-22-25-13-15-28(22)14-7-10-20-8-5-4-6-9-20/h4-6,8-9,11-13,15,18H,7,10,14,16-17H2,1-3H3,(H2,24,26,27). The van der Waals surface area contributed by atoms with Gasteiger partial charge < -0.3 is 15.2 Å². The van der Waals surface area contributed by atoms with Crippen LogP contribution in [-0.2, 0) is 25.9 Å². The van der Waals surface area contributed by atoms with E-state index in [1.165, 1.54) is 15.3 Å². The number of benzene rings is 1. The fourth-order valence-electron chi connectivity index (χ4n) is 3.35. The summed E-state index contributed by atoms with van der Waals surface area (Å²) in [6.45, 7) is 5.95. The Balaban J connectivity index is 1.45. The maximum atomic E-state index is 4.52. The van der Waals surface area contributed by atoms with Gasteiger partial charge in [-0.05, 0) is 44.4 Å². The summed E-state index contributed by atoms with van der Waals surface area (Å²) in [6.07, 6.45) is 7.09. The maximum Gasteiger partial charge on any atom is 0.191 e. The van der Waals surface area contributed by atoms with Crippen LogP contribution in [0.3, 0.4) is 0 Å². The number of thiophene rings is 1. The van der Waals surface area contributed by atoms with E-state index in [4.69, 9.17) is 0 Å². The SMILES string of the molecule is CN=C(NCc1nccn1CCCc1ccccc1)NC(C)Cc1ccc(C)s1. The van der Waals surface area contributed by atoms with Crippen LogP contribution in [0.4, 0.5) is 0 Å². The smallest absolute Gasteiger partial charge is 0.191 e. The summed E-state index contributed by atoms with van der Waals surface area (Å²) in [4.78, 5) is 11.6. The van der Waals surface area contributed by atoms with Crippen molar-refractivity contribution in [2.24, 2.45) is 4.99 Å². The van der Waals surface area contributed by atoms with Gasteiger partial charge in [0.1, 0.15) is 5.82 Å². The van der Waals surface area contributed by atoms with Crippen LogP contribution in [0.2, 0.25) is 0 Å². The zero-order chi connectivity index (χ0) is 20.5. The first-order valence-corrected chi connectivity index (χ1v) is 11.0. The second kappa shape index (κ2) is 10.8. The van der Waals surface area contributed by atoms with Gasteiger partial charge in [0, 0.05) is 48.2 Å². The van der Waals surface area contributed by atoms with Gasteiger partial charge in [-0.3, -0.25) is 4.99 Å². The lowest BCUT2D eigenvalue weighted by Crippen LogP contribution is -2.43. The molecule has 0 saturated carbocycles. The maximum absolute atomic E-state index is 4.52. The first-order chi connectivity index (χ1) is 14.1. The molecule has 2 aromatic heterocycles. The molecule has 3 rings (SSSR count). The van der Waals surface area contributed by atoms with Crippen LogP contribution in [-0.4, -0.2) is 28.6 Å². The van der Waals surface area contributed by atoms with Crippen LogP contribution in [0.25, 0.3) is 0 Å². The van der Waals surface area contributed by atoms with Crippen LogP contribution < -0.4 is 10.6 Å². The van der Waals surface area contributed by atoms with Gasteiger partial charge in [0.05, 0.1) is 6.54 Å². The van der Waals surface area contributed by atoms with E-state index in [1.54, 1.807) is 0 Å². The van der Waals surface area contributed by atoms with Crippen molar-refractivity contribution in [2.75, 3.05) is 7.05 Å². The first kappa shape index (κ1) is 21.1. The molecule has 5 nitrogen and oxygen atoms in total. The van der Waals surface area contributed by atoms with Crippen molar-refractivity contribution >= 4 is 17.3 Å². The Morgan fingerprint density at radius 3 is 2.76 bits per heavy atom. The van der Waals surface area contributed by atoms with Crippen molar-refractivity contribution in [1.82, 2.24) is 20.2 Å². The molecule has 2 heterocycles. The molecular weight excluding hydrogens is 378 g/mol. The van der Waals surface area contributed by atoms with Gasteiger partial charge in [-0.25, -0.2) is 4.98 Å². The molecule has 29 heavy (non-hydrogen) atoms. The van der Waals surface area contributed by atoms with Crippen LogP contribution in [0.1, 0.15) is 34.5 Å². The summed E-state index contributed by atoms with van der Waals surface area (Å²) in [5, 5.41) is 6.88. The Morgan fingerprint density at radius 1 is 1.21 bits per heavy atom. The van der Waals surface area contributed by atoms with Crippen LogP contribution >= 0.6 is 11.3 Å². The molecule has 1 atom stereocenters. The minimum atomic E-state index is 0.310. The first-order valence-electron chi connectivity index (χ1n) is 10.2. The summed E-state index contributed by atoms with van der Waals surface area (Å²) in [5.74, 6) is 1.84. The summed E-state index contributed by atoms with van der Waals surface area (Å²) in [7, 11) is 1.81. The highest BCUT2D eigenvalue weighted by atomic mass is 32.1. The normalized spacial score (nSPS) is 12.7. The number of rotatable bonds is 9. The summed E-state index contributed by atoms with van der Waals surface area (Å²) >= 11 is 1.86. The zero-order valence-electron chi connectivity index (χ0n) is 17.6. The lowest BCUT2D eigenvalue weighted by Gasteiger charge is -2.17. The van der Waals surface area contributed by atoms with Crippen molar-refractivity contribution in [3.63, 3.8) is 0 Å². The van der Waals surface area contributed by atoms with Crippen LogP contribution in [0.5, 0.6) is 0 Å². The van der Waals surface area contributed by atoms with Gasteiger partial charge in [0.15, 0.2) is 5.96 Å². The second-order valence-corrected chi connectivity index (χ2v) is 8.69. The predicted molar refractivity (Wildman–Crippen MR) is 123 cm³/mol. The number of hydrogen-bond acceptors (Lipinski definition) is 3. The highest BCUT2D eigenvalue weighted by Gasteiger charge is 2.09. The molecule has 0 bridgehead atoms. The Morgan fingerprint density at radius 2 is 2.03 bits per heavy atom. The molecule has 0 saturated heterocycles. The number of aryl methyl sites for hydroxylation is 3. The molecular formula is C23H31N5S. The van der Waals surface area contributed by atoms with E-state index >= 15 is 0 Å². The average molecular weight is 410 g/mol. The minimum Gasteiger partial charge on any atom is -0.354 e. The number of nitrogens with zero attached hydrogens (tertiary/aromatic N) is 3. The molecule has 0 aliphatic rings. The minimum absolute atomic E-state index is 0.310. The summed E-state index contributed by atoms with van der Waals surface area (Å²) in [5.41, 5.74) is 1.38. The van der Waals surface area contributed by atoms with E-state index in [2.05, 4.69) is 87.7 Å². The molecule has 0 aliphatic heterocycles. The number of nitrogens with one attached hydrogen (secondary N) is 2. The van der Waals surface area contributed by atoms with E-state index in [0.29, 0.717) is 12.6 Å². The lowest BCUT2D eigenvalue weighted by molar-refractivity contribution is 0.594. The molecule has 0 radical (unpaired) electrons. The largest absolute Gasteiger partial charge is 0.354 e. The Labute approximate surface area is 177 Å². The third kappa shape index (κ3) is 6.75. The number of imidazole rings is 1. The molecule has 1 unspecified atom stereocenters. The van der Waals surface area contributed by atoms with E-state index in [0.717, 1.165) is 37.6 Å².